The van der Waals surface area contributed by atoms with Gasteiger partial charge in [0.05, 0.1) is 6.17 Å². The maximum atomic E-state index is 13.7. The number of nitrogens with one attached hydrogen (secondary N) is 2. The third-order valence-electron chi connectivity index (χ3n) is 3.12. The van der Waals surface area contributed by atoms with Gasteiger partial charge in [0.1, 0.15) is 5.82 Å². The van der Waals surface area contributed by atoms with Gasteiger partial charge in [-0.1, -0.05) is 31.5 Å². The van der Waals surface area contributed by atoms with Crippen LogP contribution in [0.15, 0.2) is 24.3 Å². The summed E-state index contributed by atoms with van der Waals surface area (Å²) in [6.45, 7) is 2.12. The van der Waals surface area contributed by atoms with E-state index in [1.165, 1.54) is 6.07 Å². The van der Waals surface area contributed by atoms with Crippen LogP contribution in [-0.4, -0.2) is 12.2 Å². The van der Waals surface area contributed by atoms with E-state index in [-0.39, 0.29) is 23.9 Å². The Morgan fingerprint density at radius 3 is 2.75 bits per heavy atom. The van der Waals surface area contributed by atoms with Crippen molar-refractivity contribution in [3.8, 4) is 0 Å². The molecule has 1 heterocycles. The molecule has 2 rings (SSSR count). The van der Waals surface area contributed by atoms with Gasteiger partial charge in [-0.25, -0.2) is 9.82 Å². The van der Waals surface area contributed by atoms with E-state index in [1.54, 1.807) is 6.07 Å². The fourth-order valence-corrected chi connectivity index (χ4v) is 2.35. The lowest BCUT2D eigenvalue weighted by atomic mass is 9.88. The van der Waals surface area contributed by atoms with Crippen LogP contribution in [-0.2, 0) is 0 Å². The van der Waals surface area contributed by atoms with E-state index in [1.807, 2.05) is 12.1 Å². The number of rotatable bonds is 3. The van der Waals surface area contributed by atoms with E-state index < -0.39 is 0 Å². The number of hydrogen-bond donors (Lipinski definition) is 3. The summed E-state index contributed by atoms with van der Waals surface area (Å²) >= 11 is 0. The van der Waals surface area contributed by atoms with Gasteiger partial charge in [-0.3, -0.25) is 5.43 Å². The van der Waals surface area contributed by atoms with Crippen LogP contribution >= 0.6 is 0 Å². The van der Waals surface area contributed by atoms with Crippen LogP contribution < -0.4 is 16.6 Å². The van der Waals surface area contributed by atoms with Gasteiger partial charge in [0.25, 0.3) is 0 Å². The summed E-state index contributed by atoms with van der Waals surface area (Å²) in [5.74, 6) is -0.171. The van der Waals surface area contributed by atoms with Gasteiger partial charge in [-0.15, -0.1) is 0 Å². The van der Waals surface area contributed by atoms with Gasteiger partial charge < -0.3 is 5.73 Å². The molecule has 0 aromatic heterocycles. The molecule has 1 aliphatic heterocycles. The van der Waals surface area contributed by atoms with Crippen molar-refractivity contribution in [2.24, 2.45) is 5.73 Å². The summed E-state index contributed by atoms with van der Waals surface area (Å²) in [6, 6.07) is 7.07. The molecule has 0 spiro atoms. The second-order valence-electron chi connectivity index (χ2n) is 4.26. The quantitative estimate of drug-likeness (QED) is 0.727. The first-order valence-corrected chi connectivity index (χ1v) is 5.75. The molecule has 16 heavy (non-hydrogen) atoms. The Hall–Kier alpha value is -0.970. The van der Waals surface area contributed by atoms with Crippen LogP contribution in [0, 0.1) is 5.82 Å². The van der Waals surface area contributed by atoms with Gasteiger partial charge in [-0.2, -0.15) is 0 Å². The predicted octanol–water partition coefficient (Wildman–Crippen LogP) is 1.47. The second kappa shape index (κ2) is 4.91. The van der Waals surface area contributed by atoms with Crippen molar-refractivity contribution in [2.45, 2.75) is 37.9 Å². The summed E-state index contributed by atoms with van der Waals surface area (Å²) in [4.78, 5) is 0. The highest BCUT2D eigenvalue weighted by Crippen LogP contribution is 2.29. The average molecular weight is 223 g/mol. The maximum Gasteiger partial charge on any atom is 0.126 e. The zero-order valence-electron chi connectivity index (χ0n) is 9.41. The molecule has 1 fully saturated rings. The summed E-state index contributed by atoms with van der Waals surface area (Å²) in [7, 11) is 0. The van der Waals surface area contributed by atoms with E-state index in [4.69, 9.17) is 5.73 Å². The fourth-order valence-electron chi connectivity index (χ4n) is 2.35. The van der Waals surface area contributed by atoms with Crippen LogP contribution in [0.3, 0.4) is 0 Å². The molecule has 0 bridgehead atoms. The van der Waals surface area contributed by atoms with Crippen LogP contribution in [0.25, 0.3) is 0 Å². The first-order valence-electron chi connectivity index (χ1n) is 5.75. The molecule has 3 nitrogen and oxygen atoms in total. The second-order valence-corrected chi connectivity index (χ2v) is 4.26. The predicted molar refractivity (Wildman–Crippen MR) is 62.1 cm³/mol. The van der Waals surface area contributed by atoms with E-state index in [2.05, 4.69) is 17.8 Å². The molecule has 4 N–H and O–H groups in total. The van der Waals surface area contributed by atoms with Gasteiger partial charge in [0, 0.05) is 12.0 Å². The highest BCUT2D eigenvalue weighted by molar-refractivity contribution is 5.26. The van der Waals surface area contributed by atoms with E-state index in [9.17, 15) is 4.39 Å². The lowest BCUT2D eigenvalue weighted by Crippen LogP contribution is -2.38. The Labute approximate surface area is 95.2 Å². The first-order chi connectivity index (χ1) is 7.74. The SMILES string of the molecule is CCCC1NNC(N)C1c1ccccc1F. The zero-order valence-corrected chi connectivity index (χ0v) is 9.41. The van der Waals surface area contributed by atoms with Crippen molar-refractivity contribution >= 4 is 0 Å². The highest BCUT2D eigenvalue weighted by atomic mass is 19.1. The summed E-state index contributed by atoms with van der Waals surface area (Å²) in [6.07, 6.45) is 1.81. The highest BCUT2D eigenvalue weighted by Gasteiger charge is 2.35. The Balaban J connectivity index is 2.26. The Bertz CT molecular complexity index is 354. The number of halogens is 1. The molecule has 1 aliphatic rings. The van der Waals surface area contributed by atoms with Crippen LogP contribution in [0.5, 0.6) is 0 Å². The smallest absolute Gasteiger partial charge is 0.126 e. The molecule has 0 aliphatic carbocycles. The first kappa shape index (κ1) is 11.5. The topological polar surface area (TPSA) is 50.1 Å². The summed E-state index contributed by atoms with van der Waals surface area (Å²) < 4.78 is 13.7. The van der Waals surface area contributed by atoms with Gasteiger partial charge in [0.15, 0.2) is 0 Å². The summed E-state index contributed by atoms with van der Waals surface area (Å²) in [5, 5.41) is 0. The van der Waals surface area contributed by atoms with Crippen molar-refractivity contribution < 1.29 is 4.39 Å². The normalized spacial score (nSPS) is 29.6. The number of benzene rings is 1. The van der Waals surface area contributed by atoms with E-state index >= 15 is 0 Å². The third-order valence-corrected chi connectivity index (χ3v) is 3.12. The van der Waals surface area contributed by atoms with E-state index in [0.717, 1.165) is 12.8 Å². The minimum absolute atomic E-state index is 0.00106. The monoisotopic (exact) mass is 223 g/mol. The van der Waals surface area contributed by atoms with Crippen molar-refractivity contribution in [3.05, 3.63) is 35.6 Å². The van der Waals surface area contributed by atoms with Crippen LogP contribution in [0.1, 0.15) is 31.2 Å². The van der Waals surface area contributed by atoms with Crippen molar-refractivity contribution in [3.63, 3.8) is 0 Å². The molecule has 0 radical (unpaired) electrons. The lowest BCUT2D eigenvalue weighted by Gasteiger charge is -2.21. The molecule has 0 saturated carbocycles. The van der Waals surface area contributed by atoms with Gasteiger partial charge in [0.2, 0.25) is 0 Å². The largest absolute Gasteiger partial charge is 0.314 e. The number of nitrogens with two attached hydrogens (primary N) is 1. The minimum Gasteiger partial charge on any atom is -0.314 e. The zero-order chi connectivity index (χ0) is 11.5. The summed E-state index contributed by atoms with van der Waals surface area (Å²) in [5.41, 5.74) is 12.8. The average Bonchev–Trinajstić information content (AvgIpc) is 2.62. The molecule has 0 amide bonds. The molecule has 1 aromatic carbocycles. The van der Waals surface area contributed by atoms with Crippen molar-refractivity contribution in [2.75, 3.05) is 0 Å². The maximum absolute atomic E-state index is 13.7. The van der Waals surface area contributed by atoms with Crippen molar-refractivity contribution in [1.82, 2.24) is 10.9 Å². The third kappa shape index (κ3) is 2.09. The molecule has 3 atom stereocenters. The van der Waals surface area contributed by atoms with E-state index in [0.29, 0.717) is 5.56 Å². The Morgan fingerprint density at radius 1 is 1.31 bits per heavy atom. The standard InChI is InChI=1S/C12H18FN3/c1-2-5-10-11(12(14)16-15-10)8-6-3-4-7-9(8)13/h3-4,6-7,10-12,15-16H,2,5,14H2,1H3. The molecular formula is C12H18FN3. The van der Waals surface area contributed by atoms with Crippen molar-refractivity contribution in [1.29, 1.82) is 0 Å². The molecule has 1 aromatic rings. The molecule has 1 saturated heterocycles. The fraction of sp³-hybridized carbons (Fsp3) is 0.500. The number of hydrogen-bond acceptors (Lipinski definition) is 3. The van der Waals surface area contributed by atoms with Gasteiger partial charge >= 0.3 is 0 Å². The van der Waals surface area contributed by atoms with Crippen LogP contribution in [0.2, 0.25) is 0 Å². The van der Waals surface area contributed by atoms with Crippen LogP contribution in [0.4, 0.5) is 4.39 Å². The molecule has 88 valence electrons. The molecule has 3 unspecified atom stereocenters. The van der Waals surface area contributed by atoms with Gasteiger partial charge in [-0.05, 0) is 18.1 Å². The Kier molecular flexibility index (Phi) is 3.53. The minimum atomic E-state index is -0.228. The molecule has 4 heteroatoms. The Morgan fingerprint density at radius 2 is 2.06 bits per heavy atom. The lowest BCUT2D eigenvalue weighted by molar-refractivity contribution is 0.469. The number of hydrazine groups is 1. The molecular weight excluding hydrogens is 205 g/mol.